The summed E-state index contributed by atoms with van der Waals surface area (Å²) in [6, 6.07) is 10.8. The summed E-state index contributed by atoms with van der Waals surface area (Å²) in [6.07, 6.45) is 0. The smallest absolute Gasteiger partial charge is 0.253 e. The number of phenolic OH excluding ortho intramolecular Hbond substituents is 1. The van der Waals surface area contributed by atoms with Gasteiger partial charge in [-0.15, -0.1) is 0 Å². The molecule has 0 radical (unpaired) electrons. The fourth-order valence-corrected chi connectivity index (χ4v) is 2.18. The van der Waals surface area contributed by atoms with Crippen LogP contribution in [0.3, 0.4) is 0 Å². The molecule has 0 heterocycles. The molecule has 104 valence electrons. The van der Waals surface area contributed by atoms with Crippen LogP contribution < -0.4 is 0 Å². The van der Waals surface area contributed by atoms with Gasteiger partial charge in [0.15, 0.2) is 0 Å². The van der Waals surface area contributed by atoms with Gasteiger partial charge in [-0.25, -0.2) is 4.39 Å². The lowest BCUT2D eigenvalue weighted by Crippen LogP contribution is -2.26. The number of nitrogens with zero attached hydrogens (tertiary/aromatic N) is 1. The monoisotopic (exact) mass is 337 g/mol. The van der Waals surface area contributed by atoms with Gasteiger partial charge in [0.2, 0.25) is 0 Å². The van der Waals surface area contributed by atoms with Crippen molar-refractivity contribution in [2.24, 2.45) is 0 Å². The van der Waals surface area contributed by atoms with Gasteiger partial charge in [-0.3, -0.25) is 4.79 Å². The van der Waals surface area contributed by atoms with Gasteiger partial charge in [0.05, 0.1) is 4.47 Å². The van der Waals surface area contributed by atoms with E-state index >= 15 is 0 Å². The minimum absolute atomic E-state index is 0.185. The van der Waals surface area contributed by atoms with Crippen LogP contribution in [0.15, 0.2) is 46.9 Å². The zero-order valence-electron chi connectivity index (χ0n) is 10.8. The molecule has 3 nitrogen and oxygen atoms in total. The molecule has 2 rings (SSSR count). The molecular formula is C15H13BrFNO2. The Kier molecular flexibility index (Phi) is 4.39. The number of amides is 1. The second kappa shape index (κ2) is 6.05. The van der Waals surface area contributed by atoms with Gasteiger partial charge in [0, 0.05) is 19.2 Å². The maximum absolute atomic E-state index is 13.2. The highest BCUT2D eigenvalue weighted by Gasteiger charge is 2.13. The van der Waals surface area contributed by atoms with E-state index in [-0.39, 0.29) is 16.1 Å². The quantitative estimate of drug-likeness (QED) is 0.930. The van der Waals surface area contributed by atoms with E-state index in [1.165, 1.54) is 23.1 Å². The van der Waals surface area contributed by atoms with Crippen LogP contribution >= 0.6 is 15.9 Å². The van der Waals surface area contributed by atoms with E-state index in [9.17, 15) is 14.3 Å². The molecule has 0 saturated carbocycles. The zero-order chi connectivity index (χ0) is 14.7. The van der Waals surface area contributed by atoms with E-state index in [2.05, 4.69) is 15.9 Å². The van der Waals surface area contributed by atoms with Crippen LogP contribution in [-0.2, 0) is 6.54 Å². The first-order valence-corrected chi connectivity index (χ1v) is 6.75. The summed E-state index contributed by atoms with van der Waals surface area (Å²) in [5, 5.41) is 9.21. The Hall–Kier alpha value is -1.88. The van der Waals surface area contributed by atoms with Gasteiger partial charge in [0.25, 0.3) is 5.91 Å². The molecule has 0 saturated heterocycles. The molecule has 0 unspecified atom stereocenters. The van der Waals surface area contributed by atoms with Gasteiger partial charge < -0.3 is 10.0 Å². The molecule has 5 heteroatoms. The van der Waals surface area contributed by atoms with Crippen molar-refractivity contribution in [3.63, 3.8) is 0 Å². The number of benzene rings is 2. The zero-order valence-corrected chi connectivity index (χ0v) is 12.4. The number of carbonyl (C=O) groups is 1. The lowest BCUT2D eigenvalue weighted by atomic mass is 10.1. The van der Waals surface area contributed by atoms with Crippen molar-refractivity contribution in [3.05, 3.63) is 63.9 Å². The van der Waals surface area contributed by atoms with E-state index < -0.39 is 5.82 Å². The Bertz CT molecular complexity index is 628. The predicted octanol–water partition coefficient (Wildman–Crippen LogP) is 3.57. The number of halogens is 2. The standard InChI is InChI=1S/C15H13BrFNO2/c1-18(9-10-2-5-12(19)6-3-10)15(20)11-4-7-14(17)13(16)8-11/h2-8,19H,9H2,1H3. The molecule has 2 aromatic carbocycles. The normalized spacial score (nSPS) is 10.3. The molecule has 0 aromatic heterocycles. The SMILES string of the molecule is CN(Cc1ccc(O)cc1)C(=O)c1ccc(F)c(Br)c1. The Morgan fingerprint density at radius 1 is 1.25 bits per heavy atom. The van der Waals surface area contributed by atoms with Crippen molar-refractivity contribution in [1.82, 2.24) is 4.90 Å². The molecule has 0 atom stereocenters. The summed E-state index contributed by atoms with van der Waals surface area (Å²) < 4.78 is 13.4. The average Bonchev–Trinajstić information content (AvgIpc) is 2.43. The Balaban J connectivity index is 2.11. The van der Waals surface area contributed by atoms with Crippen LogP contribution in [0.2, 0.25) is 0 Å². The Morgan fingerprint density at radius 2 is 1.90 bits per heavy atom. The van der Waals surface area contributed by atoms with E-state index in [0.717, 1.165) is 5.56 Å². The molecule has 1 N–H and O–H groups in total. The Labute approximate surface area is 124 Å². The summed E-state index contributed by atoms with van der Waals surface area (Å²) in [5.41, 5.74) is 1.32. The predicted molar refractivity (Wildman–Crippen MR) is 78.0 cm³/mol. The number of hydrogen-bond acceptors (Lipinski definition) is 2. The second-order valence-electron chi connectivity index (χ2n) is 4.46. The molecule has 0 aliphatic rings. The first kappa shape index (κ1) is 14.5. The highest BCUT2D eigenvalue weighted by Crippen LogP contribution is 2.18. The fraction of sp³-hybridized carbons (Fsp3) is 0.133. The molecule has 20 heavy (non-hydrogen) atoms. The molecular weight excluding hydrogens is 325 g/mol. The third kappa shape index (κ3) is 3.36. The number of phenols is 1. The summed E-state index contributed by atoms with van der Waals surface area (Å²) >= 11 is 3.06. The maximum atomic E-state index is 13.2. The first-order valence-electron chi connectivity index (χ1n) is 5.96. The second-order valence-corrected chi connectivity index (χ2v) is 5.31. The third-order valence-electron chi connectivity index (χ3n) is 2.87. The van der Waals surface area contributed by atoms with Gasteiger partial charge in [-0.2, -0.15) is 0 Å². The largest absolute Gasteiger partial charge is 0.508 e. The van der Waals surface area contributed by atoms with Crippen LogP contribution in [-0.4, -0.2) is 23.0 Å². The first-order chi connectivity index (χ1) is 9.47. The minimum atomic E-state index is -0.400. The van der Waals surface area contributed by atoms with Crippen molar-refractivity contribution in [2.45, 2.75) is 6.54 Å². The molecule has 0 bridgehead atoms. The highest BCUT2D eigenvalue weighted by molar-refractivity contribution is 9.10. The molecule has 0 fully saturated rings. The molecule has 0 aliphatic carbocycles. The van der Waals surface area contributed by atoms with E-state index in [1.807, 2.05) is 0 Å². The van der Waals surface area contributed by atoms with Crippen molar-refractivity contribution in [1.29, 1.82) is 0 Å². The van der Waals surface area contributed by atoms with Crippen molar-refractivity contribution < 1.29 is 14.3 Å². The molecule has 2 aromatic rings. The van der Waals surface area contributed by atoms with Crippen LogP contribution in [0.1, 0.15) is 15.9 Å². The Morgan fingerprint density at radius 3 is 2.50 bits per heavy atom. The maximum Gasteiger partial charge on any atom is 0.253 e. The molecule has 0 spiro atoms. The lowest BCUT2D eigenvalue weighted by molar-refractivity contribution is 0.0785. The molecule has 0 aliphatic heterocycles. The summed E-state index contributed by atoms with van der Waals surface area (Å²) in [4.78, 5) is 13.7. The van der Waals surface area contributed by atoms with Crippen LogP contribution in [0.25, 0.3) is 0 Å². The van der Waals surface area contributed by atoms with Crippen LogP contribution in [0, 0.1) is 5.82 Å². The number of carbonyl (C=O) groups excluding carboxylic acids is 1. The number of aromatic hydroxyl groups is 1. The topological polar surface area (TPSA) is 40.5 Å². The molecule has 1 amide bonds. The summed E-state index contributed by atoms with van der Waals surface area (Å²) in [7, 11) is 1.67. The van der Waals surface area contributed by atoms with Crippen molar-refractivity contribution in [2.75, 3.05) is 7.05 Å². The summed E-state index contributed by atoms with van der Waals surface area (Å²) in [5.74, 6) is -0.410. The minimum Gasteiger partial charge on any atom is -0.508 e. The average molecular weight is 338 g/mol. The highest BCUT2D eigenvalue weighted by atomic mass is 79.9. The van der Waals surface area contributed by atoms with Crippen LogP contribution in [0.5, 0.6) is 5.75 Å². The van der Waals surface area contributed by atoms with Crippen molar-refractivity contribution in [3.8, 4) is 5.75 Å². The number of hydrogen-bond donors (Lipinski definition) is 1. The van der Waals surface area contributed by atoms with Gasteiger partial charge >= 0.3 is 0 Å². The number of rotatable bonds is 3. The van der Waals surface area contributed by atoms with E-state index in [4.69, 9.17) is 0 Å². The third-order valence-corrected chi connectivity index (χ3v) is 3.48. The van der Waals surface area contributed by atoms with E-state index in [1.54, 1.807) is 31.3 Å². The van der Waals surface area contributed by atoms with Crippen molar-refractivity contribution >= 4 is 21.8 Å². The summed E-state index contributed by atoms with van der Waals surface area (Å²) in [6.45, 7) is 0.411. The lowest BCUT2D eigenvalue weighted by Gasteiger charge is -2.17. The van der Waals surface area contributed by atoms with E-state index in [0.29, 0.717) is 12.1 Å². The van der Waals surface area contributed by atoms with Crippen LogP contribution in [0.4, 0.5) is 4.39 Å². The van der Waals surface area contributed by atoms with Gasteiger partial charge in [-0.05, 0) is 51.8 Å². The van der Waals surface area contributed by atoms with Gasteiger partial charge in [0.1, 0.15) is 11.6 Å². The fourth-order valence-electron chi connectivity index (χ4n) is 1.80. The van der Waals surface area contributed by atoms with Gasteiger partial charge in [-0.1, -0.05) is 12.1 Å².